The molecule has 1 aliphatic heterocycles. The third kappa shape index (κ3) is 1.59. The molecule has 1 aromatic rings. The molecule has 1 unspecified atom stereocenters. The van der Waals surface area contributed by atoms with Gasteiger partial charge in [-0.05, 0) is 12.1 Å². The highest BCUT2D eigenvalue weighted by Crippen LogP contribution is 2.35. The van der Waals surface area contributed by atoms with Crippen molar-refractivity contribution in [1.29, 1.82) is 5.41 Å². The number of benzene rings is 1. The quantitative estimate of drug-likeness (QED) is 0.608. The summed E-state index contributed by atoms with van der Waals surface area (Å²) in [5, 5.41) is 7.67. The minimum absolute atomic E-state index is 0.0905. The zero-order valence-electron chi connectivity index (χ0n) is 9.15. The van der Waals surface area contributed by atoms with Crippen LogP contribution in [0.3, 0.4) is 0 Å². The molecule has 1 atom stereocenters. The van der Waals surface area contributed by atoms with Gasteiger partial charge in [-0.15, -0.1) is 0 Å². The molecule has 5 heteroatoms. The minimum atomic E-state index is -1.29. The lowest BCUT2D eigenvalue weighted by atomic mass is 10.2. The average Bonchev–Trinajstić information content (AvgIpc) is 2.37. The molecule has 16 heavy (non-hydrogen) atoms. The summed E-state index contributed by atoms with van der Waals surface area (Å²) in [6.45, 7) is 0.0905. The van der Waals surface area contributed by atoms with Gasteiger partial charge in [0.05, 0.1) is 7.11 Å². The van der Waals surface area contributed by atoms with Crippen molar-refractivity contribution >= 4 is 5.90 Å². The molecule has 0 radical (unpaired) electrons. The summed E-state index contributed by atoms with van der Waals surface area (Å²) in [5.41, 5.74) is 0. The van der Waals surface area contributed by atoms with Gasteiger partial charge in [0.1, 0.15) is 0 Å². The van der Waals surface area contributed by atoms with Crippen LogP contribution < -0.4 is 9.47 Å². The Kier molecular flexibility index (Phi) is 2.70. The number of rotatable bonds is 2. The smallest absolute Gasteiger partial charge is 0.322 e. The van der Waals surface area contributed by atoms with Crippen LogP contribution in [0.2, 0.25) is 0 Å². The van der Waals surface area contributed by atoms with Crippen LogP contribution in [0.25, 0.3) is 0 Å². The maximum absolute atomic E-state index is 7.67. The zero-order valence-corrected chi connectivity index (χ0v) is 9.15. The van der Waals surface area contributed by atoms with Crippen LogP contribution in [0, 0.1) is 5.41 Å². The van der Waals surface area contributed by atoms with Gasteiger partial charge in [0.25, 0.3) is 5.90 Å². The molecule has 0 aromatic heterocycles. The molecular weight excluding hydrogens is 210 g/mol. The topological polar surface area (TPSA) is 60.8 Å². The number of hydrogen-bond donors (Lipinski definition) is 1. The van der Waals surface area contributed by atoms with Crippen molar-refractivity contribution in [1.82, 2.24) is 0 Å². The molecule has 1 N–H and O–H groups in total. The Bertz CT molecular complexity index is 407. The van der Waals surface area contributed by atoms with Crippen LogP contribution in [-0.2, 0) is 9.47 Å². The standard InChI is InChI=1S/C11H13NO4/c1-13-10(12)11(14-2)7-15-8-5-3-4-6-9(8)16-11/h3-6,12H,7H2,1-2H3. The first-order valence-corrected chi connectivity index (χ1v) is 4.81. The summed E-state index contributed by atoms with van der Waals surface area (Å²) in [6.07, 6.45) is 0. The van der Waals surface area contributed by atoms with Crippen molar-refractivity contribution in [2.45, 2.75) is 5.79 Å². The molecule has 0 bridgehead atoms. The summed E-state index contributed by atoms with van der Waals surface area (Å²) < 4.78 is 21.2. The summed E-state index contributed by atoms with van der Waals surface area (Å²) in [6, 6.07) is 7.23. The van der Waals surface area contributed by atoms with Crippen molar-refractivity contribution in [3.8, 4) is 11.5 Å². The highest BCUT2D eigenvalue weighted by atomic mass is 16.7. The lowest BCUT2D eigenvalue weighted by Crippen LogP contribution is -2.53. The van der Waals surface area contributed by atoms with Gasteiger partial charge < -0.3 is 18.9 Å². The predicted molar refractivity (Wildman–Crippen MR) is 57.0 cm³/mol. The highest BCUT2D eigenvalue weighted by molar-refractivity contribution is 5.81. The molecule has 0 amide bonds. The molecule has 0 fully saturated rings. The van der Waals surface area contributed by atoms with E-state index >= 15 is 0 Å². The fourth-order valence-electron chi connectivity index (χ4n) is 1.49. The number of fused-ring (bicyclic) bond motifs is 1. The Morgan fingerprint density at radius 3 is 2.62 bits per heavy atom. The van der Waals surface area contributed by atoms with Gasteiger partial charge >= 0.3 is 5.79 Å². The van der Waals surface area contributed by atoms with Crippen LogP contribution in [0.1, 0.15) is 0 Å². The second-order valence-electron chi connectivity index (χ2n) is 3.33. The number of para-hydroxylation sites is 2. The van der Waals surface area contributed by atoms with E-state index in [1.807, 2.05) is 12.1 Å². The molecule has 1 heterocycles. The van der Waals surface area contributed by atoms with E-state index in [0.717, 1.165) is 0 Å². The molecule has 1 aliphatic rings. The maximum Gasteiger partial charge on any atom is 0.322 e. The molecule has 2 rings (SSSR count). The fourth-order valence-corrected chi connectivity index (χ4v) is 1.49. The van der Waals surface area contributed by atoms with Gasteiger partial charge in [-0.25, -0.2) is 0 Å². The Morgan fingerprint density at radius 1 is 1.31 bits per heavy atom. The van der Waals surface area contributed by atoms with Crippen molar-refractivity contribution < 1.29 is 18.9 Å². The van der Waals surface area contributed by atoms with Crippen LogP contribution in [0.4, 0.5) is 0 Å². The van der Waals surface area contributed by atoms with E-state index in [1.54, 1.807) is 12.1 Å². The number of methoxy groups -OCH3 is 2. The van der Waals surface area contributed by atoms with E-state index < -0.39 is 5.79 Å². The second-order valence-corrected chi connectivity index (χ2v) is 3.33. The van der Waals surface area contributed by atoms with Gasteiger partial charge in [-0.1, -0.05) is 12.1 Å². The summed E-state index contributed by atoms with van der Waals surface area (Å²) in [5.74, 6) is -0.232. The maximum atomic E-state index is 7.67. The van der Waals surface area contributed by atoms with Crippen LogP contribution >= 0.6 is 0 Å². The molecule has 0 saturated heterocycles. The van der Waals surface area contributed by atoms with Gasteiger partial charge in [0.15, 0.2) is 18.1 Å². The first-order chi connectivity index (χ1) is 7.72. The normalized spacial score (nSPS) is 22.6. The van der Waals surface area contributed by atoms with E-state index in [1.165, 1.54) is 14.2 Å². The summed E-state index contributed by atoms with van der Waals surface area (Å²) in [7, 11) is 2.85. The van der Waals surface area contributed by atoms with Crippen molar-refractivity contribution in [2.75, 3.05) is 20.8 Å². The van der Waals surface area contributed by atoms with Crippen LogP contribution in [0.5, 0.6) is 11.5 Å². The fraction of sp³-hybridized carbons (Fsp3) is 0.364. The Morgan fingerprint density at radius 2 is 2.00 bits per heavy atom. The predicted octanol–water partition coefficient (Wildman–Crippen LogP) is 1.42. The largest absolute Gasteiger partial charge is 0.482 e. The first kappa shape index (κ1) is 10.8. The summed E-state index contributed by atoms with van der Waals surface area (Å²) in [4.78, 5) is 0. The average molecular weight is 223 g/mol. The third-order valence-corrected chi connectivity index (χ3v) is 2.42. The number of ether oxygens (including phenoxy) is 4. The zero-order chi connectivity index (χ0) is 11.6. The SMILES string of the molecule is COC(=N)C1(OC)COc2ccccc2O1. The molecule has 0 aliphatic carbocycles. The molecular formula is C11H13NO4. The number of nitrogens with one attached hydrogen (secondary N) is 1. The highest BCUT2D eigenvalue weighted by Gasteiger charge is 2.44. The Hall–Kier alpha value is -1.75. The van der Waals surface area contributed by atoms with E-state index in [2.05, 4.69) is 0 Å². The van der Waals surface area contributed by atoms with Crippen molar-refractivity contribution in [3.05, 3.63) is 24.3 Å². The Balaban J connectivity index is 2.32. The van der Waals surface area contributed by atoms with Gasteiger partial charge in [0, 0.05) is 7.11 Å². The number of hydrogen-bond acceptors (Lipinski definition) is 5. The van der Waals surface area contributed by atoms with E-state index in [0.29, 0.717) is 11.5 Å². The van der Waals surface area contributed by atoms with Crippen molar-refractivity contribution in [3.63, 3.8) is 0 Å². The Labute approximate surface area is 93.4 Å². The monoisotopic (exact) mass is 223 g/mol. The lowest BCUT2D eigenvalue weighted by molar-refractivity contribution is -0.155. The molecule has 0 saturated carbocycles. The van der Waals surface area contributed by atoms with E-state index in [4.69, 9.17) is 24.4 Å². The third-order valence-electron chi connectivity index (χ3n) is 2.42. The van der Waals surface area contributed by atoms with E-state index in [-0.39, 0.29) is 12.5 Å². The minimum Gasteiger partial charge on any atom is -0.482 e. The van der Waals surface area contributed by atoms with Gasteiger partial charge in [0.2, 0.25) is 0 Å². The van der Waals surface area contributed by atoms with Crippen molar-refractivity contribution in [2.24, 2.45) is 0 Å². The van der Waals surface area contributed by atoms with Crippen LogP contribution in [0.15, 0.2) is 24.3 Å². The van der Waals surface area contributed by atoms with Gasteiger partial charge in [-0.2, -0.15) is 0 Å². The second kappa shape index (κ2) is 4.02. The lowest BCUT2D eigenvalue weighted by Gasteiger charge is -2.35. The molecule has 1 aromatic carbocycles. The summed E-state index contributed by atoms with van der Waals surface area (Å²) >= 11 is 0. The molecule has 86 valence electrons. The van der Waals surface area contributed by atoms with Crippen LogP contribution in [-0.4, -0.2) is 32.5 Å². The van der Waals surface area contributed by atoms with Gasteiger partial charge in [-0.3, -0.25) is 5.41 Å². The first-order valence-electron chi connectivity index (χ1n) is 4.81. The molecule has 0 spiro atoms. The molecule has 5 nitrogen and oxygen atoms in total. The van der Waals surface area contributed by atoms with E-state index in [9.17, 15) is 0 Å².